The van der Waals surface area contributed by atoms with Crippen molar-refractivity contribution in [2.45, 2.75) is 26.7 Å². The molecule has 6 heteroatoms. The number of nitrogens with zero attached hydrogens (tertiary/aromatic N) is 1. The third kappa shape index (κ3) is 6.79. The molecule has 23 heavy (non-hydrogen) atoms. The summed E-state index contributed by atoms with van der Waals surface area (Å²) in [6.07, 6.45) is 2.36. The molecule has 1 heterocycles. The molecule has 0 bridgehead atoms. The fraction of sp³-hybridized carbons (Fsp3) is 0.588. The van der Waals surface area contributed by atoms with Gasteiger partial charge in [-0.3, -0.25) is 9.69 Å². The Hall–Kier alpha value is -0.620. The van der Waals surface area contributed by atoms with E-state index in [1.807, 2.05) is 25.1 Å². The third-order valence-corrected chi connectivity index (χ3v) is 5.09. The van der Waals surface area contributed by atoms with Gasteiger partial charge in [0.1, 0.15) is 0 Å². The fourth-order valence-electron chi connectivity index (χ4n) is 2.82. The summed E-state index contributed by atoms with van der Waals surface area (Å²) in [6.45, 7) is 8.83. The number of hydrogen-bond acceptors (Lipinski definition) is 3. The van der Waals surface area contributed by atoms with Crippen molar-refractivity contribution >= 4 is 39.9 Å². The van der Waals surface area contributed by atoms with Gasteiger partial charge in [-0.25, -0.2) is 0 Å². The molecular formula is C17H27BrClN3O. The van der Waals surface area contributed by atoms with Gasteiger partial charge in [0.25, 0.3) is 0 Å². The van der Waals surface area contributed by atoms with Crippen LogP contribution in [0.15, 0.2) is 22.7 Å². The first-order valence-corrected chi connectivity index (χ1v) is 8.87. The highest BCUT2D eigenvalue weighted by atomic mass is 79.9. The lowest BCUT2D eigenvalue weighted by Gasteiger charge is -2.31. The predicted molar refractivity (Wildman–Crippen MR) is 102 cm³/mol. The third-order valence-electron chi connectivity index (χ3n) is 4.20. The molecule has 1 amide bonds. The summed E-state index contributed by atoms with van der Waals surface area (Å²) in [5.74, 6) is 0.834. The SMILES string of the molecule is CCNCC1CCN(CC(=O)Nc2ccc(Br)c(C)c2)CC1.Cl. The minimum absolute atomic E-state index is 0. The van der Waals surface area contributed by atoms with Crippen LogP contribution in [0.25, 0.3) is 0 Å². The van der Waals surface area contributed by atoms with Crippen LogP contribution in [0.3, 0.4) is 0 Å². The van der Waals surface area contributed by atoms with Crippen LogP contribution in [-0.4, -0.2) is 43.5 Å². The average molecular weight is 405 g/mol. The van der Waals surface area contributed by atoms with Crippen LogP contribution in [0.4, 0.5) is 5.69 Å². The molecule has 1 fully saturated rings. The van der Waals surface area contributed by atoms with E-state index in [0.717, 1.165) is 47.8 Å². The Labute approximate surface area is 153 Å². The second-order valence-electron chi connectivity index (χ2n) is 6.04. The molecule has 2 N–H and O–H groups in total. The van der Waals surface area contributed by atoms with Crippen LogP contribution in [0, 0.1) is 12.8 Å². The van der Waals surface area contributed by atoms with Crippen LogP contribution in [0.5, 0.6) is 0 Å². The smallest absolute Gasteiger partial charge is 0.238 e. The number of carbonyl (C=O) groups excluding carboxylic acids is 1. The monoisotopic (exact) mass is 403 g/mol. The molecule has 2 rings (SSSR count). The molecule has 1 aliphatic rings. The molecule has 0 unspecified atom stereocenters. The largest absolute Gasteiger partial charge is 0.325 e. The molecule has 0 atom stereocenters. The number of nitrogens with one attached hydrogen (secondary N) is 2. The summed E-state index contributed by atoms with van der Waals surface area (Å²) < 4.78 is 1.06. The highest BCUT2D eigenvalue weighted by Crippen LogP contribution is 2.20. The molecular weight excluding hydrogens is 378 g/mol. The first kappa shape index (κ1) is 20.4. The zero-order chi connectivity index (χ0) is 15.9. The van der Waals surface area contributed by atoms with Crippen LogP contribution < -0.4 is 10.6 Å². The topological polar surface area (TPSA) is 44.4 Å². The van der Waals surface area contributed by atoms with Crippen LogP contribution in [0.2, 0.25) is 0 Å². The molecule has 4 nitrogen and oxygen atoms in total. The summed E-state index contributed by atoms with van der Waals surface area (Å²) in [4.78, 5) is 14.4. The second kappa shape index (κ2) is 10.3. The minimum atomic E-state index is 0. The highest BCUT2D eigenvalue weighted by Gasteiger charge is 2.20. The number of amides is 1. The van der Waals surface area contributed by atoms with Gasteiger partial charge in [-0.1, -0.05) is 22.9 Å². The van der Waals surface area contributed by atoms with Gasteiger partial charge in [-0.05, 0) is 75.6 Å². The number of rotatable bonds is 6. The Kier molecular flexibility index (Phi) is 9.14. The van der Waals surface area contributed by atoms with Crippen molar-refractivity contribution in [2.24, 2.45) is 5.92 Å². The molecule has 0 saturated carbocycles. The molecule has 130 valence electrons. The van der Waals surface area contributed by atoms with E-state index in [2.05, 4.69) is 38.4 Å². The molecule has 1 aromatic carbocycles. The van der Waals surface area contributed by atoms with Gasteiger partial charge in [0.15, 0.2) is 0 Å². The van der Waals surface area contributed by atoms with E-state index < -0.39 is 0 Å². The van der Waals surface area contributed by atoms with Crippen LogP contribution in [-0.2, 0) is 4.79 Å². The van der Waals surface area contributed by atoms with E-state index in [-0.39, 0.29) is 18.3 Å². The van der Waals surface area contributed by atoms with Gasteiger partial charge >= 0.3 is 0 Å². The van der Waals surface area contributed by atoms with Crippen molar-refractivity contribution in [1.29, 1.82) is 0 Å². The Bertz CT molecular complexity index is 505. The molecule has 0 radical (unpaired) electrons. The van der Waals surface area contributed by atoms with Crippen molar-refractivity contribution in [3.8, 4) is 0 Å². The lowest BCUT2D eigenvalue weighted by atomic mass is 9.97. The van der Waals surface area contributed by atoms with E-state index in [1.54, 1.807) is 0 Å². The van der Waals surface area contributed by atoms with Gasteiger partial charge in [0.2, 0.25) is 5.91 Å². The molecule has 1 aliphatic heterocycles. The van der Waals surface area contributed by atoms with E-state index in [0.29, 0.717) is 6.54 Å². The Morgan fingerprint density at radius 2 is 2.04 bits per heavy atom. The average Bonchev–Trinajstić information content (AvgIpc) is 2.50. The van der Waals surface area contributed by atoms with E-state index in [9.17, 15) is 4.79 Å². The van der Waals surface area contributed by atoms with Gasteiger partial charge in [-0.2, -0.15) is 0 Å². The van der Waals surface area contributed by atoms with E-state index in [1.165, 1.54) is 12.8 Å². The quantitative estimate of drug-likeness (QED) is 0.763. The maximum atomic E-state index is 12.2. The molecule has 1 aromatic rings. The van der Waals surface area contributed by atoms with Gasteiger partial charge in [0.05, 0.1) is 6.54 Å². The van der Waals surface area contributed by atoms with Crippen molar-refractivity contribution < 1.29 is 4.79 Å². The summed E-state index contributed by atoms with van der Waals surface area (Å²) >= 11 is 3.47. The summed E-state index contributed by atoms with van der Waals surface area (Å²) in [5, 5.41) is 6.40. The maximum absolute atomic E-state index is 12.2. The molecule has 0 aromatic heterocycles. The minimum Gasteiger partial charge on any atom is -0.325 e. The number of benzene rings is 1. The Morgan fingerprint density at radius 1 is 1.35 bits per heavy atom. The Balaban J connectivity index is 0.00000264. The second-order valence-corrected chi connectivity index (χ2v) is 6.89. The van der Waals surface area contributed by atoms with Crippen LogP contribution in [0.1, 0.15) is 25.3 Å². The zero-order valence-corrected chi connectivity index (χ0v) is 16.3. The first-order chi connectivity index (χ1) is 10.6. The van der Waals surface area contributed by atoms with E-state index >= 15 is 0 Å². The van der Waals surface area contributed by atoms with E-state index in [4.69, 9.17) is 0 Å². The number of aryl methyl sites for hydroxylation is 1. The zero-order valence-electron chi connectivity index (χ0n) is 13.9. The molecule has 1 saturated heterocycles. The lowest BCUT2D eigenvalue weighted by Crippen LogP contribution is -2.41. The molecule has 0 spiro atoms. The number of likely N-dealkylation sites (tertiary alicyclic amines) is 1. The van der Waals surface area contributed by atoms with Crippen molar-refractivity contribution in [3.63, 3.8) is 0 Å². The number of anilines is 1. The van der Waals surface area contributed by atoms with Gasteiger partial charge in [-0.15, -0.1) is 12.4 Å². The van der Waals surface area contributed by atoms with Crippen LogP contribution >= 0.6 is 28.3 Å². The highest BCUT2D eigenvalue weighted by molar-refractivity contribution is 9.10. The van der Waals surface area contributed by atoms with Gasteiger partial charge in [0, 0.05) is 10.2 Å². The first-order valence-electron chi connectivity index (χ1n) is 8.07. The number of piperidine rings is 1. The number of carbonyl (C=O) groups is 1. The number of halogens is 2. The predicted octanol–water partition coefficient (Wildman–Crippen LogP) is 3.44. The summed E-state index contributed by atoms with van der Waals surface area (Å²) in [5.41, 5.74) is 2.00. The normalized spacial score (nSPS) is 16.0. The number of hydrogen-bond donors (Lipinski definition) is 2. The standard InChI is InChI=1S/C17H26BrN3O.ClH/c1-3-19-11-14-6-8-21(9-7-14)12-17(22)20-15-4-5-16(18)13(2)10-15;/h4-5,10,14,19H,3,6-9,11-12H2,1-2H3,(H,20,22);1H. The Morgan fingerprint density at radius 3 is 2.65 bits per heavy atom. The molecule has 0 aliphatic carbocycles. The van der Waals surface area contributed by atoms with Crippen molar-refractivity contribution in [2.75, 3.05) is 38.0 Å². The lowest BCUT2D eigenvalue weighted by molar-refractivity contribution is -0.117. The summed E-state index contributed by atoms with van der Waals surface area (Å²) in [7, 11) is 0. The maximum Gasteiger partial charge on any atom is 0.238 e. The van der Waals surface area contributed by atoms with Gasteiger partial charge < -0.3 is 10.6 Å². The fourth-order valence-corrected chi connectivity index (χ4v) is 3.07. The van der Waals surface area contributed by atoms with Crippen molar-refractivity contribution in [3.05, 3.63) is 28.2 Å². The van der Waals surface area contributed by atoms with Crippen molar-refractivity contribution in [1.82, 2.24) is 10.2 Å². The summed E-state index contributed by atoms with van der Waals surface area (Å²) in [6, 6.07) is 5.89.